The summed E-state index contributed by atoms with van der Waals surface area (Å²) < 4.78 is 1.32. The minimum Gasteiger partial charge on any atom is -0.502 e. The third-order valence-corrected chi connectivity index (χ3v) is 4.69. The predicted molar refractivity (Wildman–Crippen MR) is 118 cm³/mol. The van der Waals surface area contributed by atoms with Gasteiger partial charge in [-0.15, -0.1) is 0 Å². The van der Waals surface area contributed by atoms with E-state index in [2.05, 4.69) is 5.10 Å². The van der Waals surface area contributed by atoms with Crippen molar-refractivity contribution < 1.29 is 34.8 Å². The standard InChI is InChI=1S/C12H10ClN3O5.C7H4ClNO4/c1-6-2-9(12(18)19)14-15(6)5-7-3-8(13)4-10(11(7)17)16(20)21;8-5-1-4(3-10)7(11)6(2-5)9(12)13/h2-4,17H,5H2,1H3,(H,18,19);1-3,11H. The van der Waals surface area contributed by atoms with Gasteiger partial charge in [-0.1, -0.05) is 23.2 Å². The number of aromatic nitrogens is 2. The zero-order chi connectivity index (χ0) is 25.7. The van der Waals surface area contributed by atoms with Crippen LogP contribution in [0.2, 0.25) is 10.0 Å². The monoisotopic (exact) mass is 512 g/mol. The lowest BCUT2D eigenvalue weighted by Crippen LogP contribution is -2.06. The minimum atomic E-state index is -1.18. The molecule has 0 aliphatic rings. The Hall–Kier alpha value is -4.23. The molecule has 0 saturated carbocycles. The maximum absolute atomic E-state index is 10.8. The van der Waals surface area contributed by atoms with Crippen molar-refractivity contribution in [3.05, 3.63) is 83.1 Å². The number of benzene rings is 2. The lowest BCUT2D eigenvalue weighted by molar-refractivity contribution is -0.386. The van der Waals surface area contributed by atoms with Crippen molar-refractivity contribution in [3.63, 3.8) is 0 Å². The zero-order valence-electron chi connectivity index (χ0n) is 17.0. The highest BCUT2D eigenvalue weighted by atomic mass is 35.5. The van der Waals surface area contributed by atoms with Gasteiger partial charge in [0.2, 0.25) is 5.75 Å². The third kappa shape index (κ3) is 5.96. The molecule has 0 unspecified atom stereocenters. The first-order chi connectivity index (χ1) is 15.8. The molecule has 3 aromatic rings. The molecule has 0 saturated heterocycles. The summed E-state index contributed by atoms with van der Waals surface area (Å²) >= 11 is 11.3. The Bertz CT molecular complexity index is 1310. The normalized spacial score (nSPS) is 10.2. The van der Waals surface area contributed by atoms with Crippen molar-refractivity contribution in [2.24, 2.45) is 0 Å². The minimum absolute atomic E-state index is 0.0339. The number of aldehydes is 1. The van der Waals surface area contributed by atoms with E-state index in [9.17, 15) is 34.9 Å². The molecule has 0 bridgehead atoms. The molecule has 0 aliphatic heterocycles. The smallest absolute Gasteiger partial charge is 0.356 e. The number of aryl methyl sites for hydroxylation is 1. The molecule has 0 aliphatic carbocycles. The average molecular weight is 513 g/mol. The molecule has 0 fully saturated rings. The molecule has 0 radical (unpaired) electrons. The Kier molecular flexibility index (Phi) is 8.11. The number of aromatic hydroxyl groups is 2. The summed E-state index contributed by atoms with van der Waals surface area (Å²) in [5.74, 6) is -2.36. The fourth-order valence-corrected chi connectivity index (χ4v) is 3.13. The summed E-state index contributed by atoms with van der Waals surface area (Å²) in [6.07, 6.45) is 0.300. The number of carboxylic acid groups (broad SMARTS) is 1. The van der Waals surface area contributed by atoms with E-state index >= 15 is 0 Å². The fraction of sp³-hybridized carbons (Fsp3) is 0.105. The van der Waals surface area contributed by atoms with Crippen LogP contribution in [0.25, 0.3) is 0 Å². The number of phenolic OH excluding ortho intramolecular Hbond substituents is 2. The summed E-state index contributed by atoms with van der Waals surface area (Å²) in [7, 11) is 0. The number of carbonyl (C=O) groups excluding carboxylic acids is 1. The number of hydrogen-bond acceptors (Lipinski definition) is 9. The molecule has 3 N–H and O–H groups in total. The molecule has 0 amide bonds. The molecule has 0 atom stereocenters. The topological polar surface area (TPSA) is 199 Å². The highest BCUT2D eigenvalue weighted by molar-refractivity contribution is 6.31. The van der Waals surface area contributed by atoms with Crippen LogP contribution in [0.3, 0.4) is 0 Å². The van der Waals surface area contributed by atoms with E-state index in [1.807, 2.05) is 0 Å². The number of carboxylic acids is 1. The van der Waals surface area contributed by atoms with Gasteiger partial charge in [0.05, 0.1) is 22.0 Å². The Balaban J connectivity index is 0.000000270. The van der Waals surface area contributed by atoms with E-state index in [1.54, 1.807) is 6.92 Å². The van der Waals surface area contributed by atoms with Gasteiger partial charge in [-0.2, -0.15) is 5.10 Å². The SMILES string of the molecule is Cc1cc(C(=O)O)nn1Cc1cc(Cl)cc([N+](=O)[O-])c1O.O=Cc1cc(Cl)cc([N+](=O)[O-])c1O. The molecule has 2 aromatic carbocycles. The number of halogens is 2. The maximum atomic E-state index is 10.8. The first kappa shape index (κ1) is 26.0. The molecule has 3 rings (SSSR count). The van der Waals surface area contributed by atoms with Gasteiger partial charge in [-0.25, -0.2) is 4.79 Å². The van der Waals surface area contributed by atoms with Crippen molar-refractivity contribution in [2.75, 3.05) is 0 Å². The lowest BCUT2D eigenvalue weighted by Gasteiger charge is -2.08. The Labute approximate surface area is 199 Å². The van der Waals surface area contributed by atoms with E-state index in [0.29, 0.717) is 12.0 Å². The second-order valence-corrected chi connectivity index (χ2v) is 7.43. The van der Waals surface area contributed by atoms with Gasteiger partial charge >= 0.3 is 17.3 Å². The van der Waals surface area contributed by atoms with Crippen molar-refractivity contribution in [1.29, 1.82) is 0 Å². The summed E-state index contributed by atoms with van der Waals surface area (Å²) in [5.41, 5.74) is -0.718. The summed E-state index contributed by atoms with van der Waals surface area (Å²) in [6.45, 7) is 1.60. The number of aromatic carboxylic acids is 1. The van der Waals surface area contributed by atoms with Gasteiger partial charge in [0.15, 0.2) is 17.7 Å². The molecule has 34 heavy (non-hydrogen) atoms. The molecular formula is C19H14Cl2N4O9. The van der Waals surface area contributed by atoms with Crippen LogP contribution in [0.1, 0.15) is 32.1 Å². The molecule has 1 aromatic heterocycles. The predicted octanol–water partition coefficient (Wildman–Crippen LogP) is 3.97. The van der Waals surface area contributed by atoms with Crippen LogP contribution in [0, 0.1) is 27.2 Å². The van der Waals surface area contributed by atoms with E-state index in [-0.39, 0.29) is 33.4 Å². The van der Waals surface area contributed by atoms with Gasteiger partial charge < -0.3 is 15.3 Å². The van der Waals surface area contributed by atoms with Gasteiger partial charge in [-0.05, 0) is 25.1 Å². The largest absolute Gasteiger partial charge is 0.502 e. The van der Waals surface area contributed by atoms with Crippen LogP contribution in [-0.2, 0) is 6.54 Å². The van der Waals surface area contributed by atoms with Crippen LogP contribution in [0.4, 0.5) is 11.4 Å². The number of phenols is 2. The van der Waals surface area contributed by atoms with Gasteiger partial charge in [0, 0.05) is 33.4 Å². The number of carbonyl (C=O) groups is 2. The van der Waals surface area contributed by atoms with Crippen molar-refractivity contribution in [2.45, 2.75) is 13.5 Å². The Morgan fingerprint density at radius 3 is 2.03 bits per heavy atom. The second-order valence-electron chi connectivity index (χ2n) is 6.56. The summed E-state index contributed by atoms with van der Waals surface area (Å²) in [6, 6.07) is 5.89. The molecule has 178 valence electrons. The number of hydrogen-bond donors (Lipinski definition) is 3. The molecule has 15 heteroatoms. The van der Waals surface area contributed by atoms with Crippen molar-refractivity contribution in [3.8, 4) is 11.5 Å². The van der Waals surface area contributed by atoms with Gasteiger partial charge in [-0.3, -0.25) is 29.7 Å². The van der Waals surface area contributed by atoms with Crippen molar-refractivity contribution >= 4 is 46.8 Å². The van der Waals surface area contributed by atoms with Crippen LogP contribution >= 0.6 is 23.2 Å². The summed E-state index contributed by atoms with van der Waals surface area (Å²) in [5, 5.41) is 53.0. The number of nitro groups is 2. The Morgan fingerprint density at radius 2 is 1.56 bits per heavy atom. The van der Waals surface area contributed by atoms with Crippen LogP contribution < -0.4 is 0 Å². The second kappa shape index (κ2) is 10.6. The first-order valence-electron chi connectivity index (χ1n) is 8.91. The average Bonchev–Trinajstić information content (AvgIpc) is 3.12. The highest BCUT2D eigenvalue weighted by Crippen LogP contribution is 2.34. The van der Waals surface area contributed by atoms with Crippen LogP contribution in [-0.4, -0.2) is 47.2 Å². The molecule has 1 heterocycles. The number of nitrogens with zero attached hydrogens (tertiary/aromatic N) is 4. The van der Waals surface area contributed by atoms with Crippen LogP contribution in [0.15, 0.2) is 30.3 Å². The van der Waals surface area contributed by atoms with E-state index in [1.165, 1.54) is 16.8 Å². The third-order valence-electron chi connectivity index (χ3n) is 4.26. The van der Waals surface area contributed by atoms with E-state index in [0.717, 1.165) is 18.2 Å². The molecule has 13 nitrogen and oxygen atoms in total. The fourth-order valence-electron chi connectivity index (χ4n) is 2.67. The van der Waals surface area contributed by atoms with Crippen molar-refractivity contribution in [1.82, 2.24) is 9.78 Å². The zero-order valence-corrected chi connectivity index (χ0v) is 18.5. The van der Waals surface area contributed by atoms with Gasteiger partial charge in [0.1, 0.15) is 0 Å². The molecule has 0 spiro atoms. The van der Waals surface area contributed by atoms with Crippen LogP contribution in [0.5, 0.6) is 11.5 Å². The lowest BCUT2D eigenvalue weighted by atomic mass is 10.1. The first-order valence-corrected chi connectivity index (χ1v) is 9.66. The quantitative estimate of drug-likeness (QED) is 0.246. The Morgan fingerprint density at radius 1 is 1.03 bits per heavy atom. The number of nitro benzene ring substituents is 2. The van der Waals surface area contributed by atoms with Gasteiger partial charge in [0.25, 0.3) is 0 Å². The summed E-state index contributed by atoms with van der Waals surface area (Å²) in [4.78, 5) is 40.7. The maximum Gasteiger partial charge on any atom is 0.356 e. The highest BCUT2D eigenvalue weighted by Gasteiger charge is 2.20. The van der Waals surface area contributed by atoms with E-state index < -0.39 is 38.7 Å². The number of rotatable bonds is 6. The van der Waals surface area contributed by atoms with E-state index in [4.69, 9.17) is 33.4 Å². The molecular weight excluding hydrogens is 499 g/mol.